The Hall–Kier alpha value is -1.55. The fraction of sp³-hybridized carbons (Fsp3) is 0.462. The zero-order valence-corrected chi connectivity index (χ0v) is 10.4. The Balaban J connectivity index is 2.64. The number of aliphatic carboxylic acids is 1. The molecule has 1 rings (SSSR count). The van der Waals surface area contributed by atoms with Crippen molar-refractivity contribution in [1.82, 2.24) is 0 Å². The van der Waals surface area contributed by atoms with E-state index in [1.807, 2.05) is 32.0 Å². The Bertz CT molecular complexity index is 413. The first-order chi connectivity index (χ1) is 7.80. The van der Waals surface area contributed by atoms with Gasteiger partial charge >= 0.3 is 5.97 Å². The fourth-order valence-electron chi connectivity index (χ4n) is 1.69. The Morgan fingerprint density at radius 1 is 1.41 bits per heavy atom. The maximum Gasteiger partial charge on any atom is 0.306 e. The molecular weight excluding hydrogens is 218 g/mol. The van der Waals surface area contributed by atoms with Crippen LogP contribution in [0.15, 0.2) is 18.2 Å². The van der Waals surface area contributed by atoms with E-state index < -0.39 is 11.6 Å². The molecule has 0 spiro atoms. The molecule has 0 amide bonds. The maximum absolute atomic E-state index is 10.6. The topological polar surface area (TPSA) is 69.6 Å². The summed E-state index contributed by atoms with van der Waals surface area (Å²) in [5.41, 5.74) is 1.92. The van der Waals surface area contributed by atoms with Gasteiger partial charge in [0.2, 0.25) is 0 Å². The molecule has 1 aromatic carbocycles. The highest BCUT2D eigenvalue weighted by Gasteiger charge is 2.23. The lowest BCUT2D eigenvalue weighted by Crippen LogP contribution is -2.36. The summed E-state index contributed by atoms with van der Waals surface area (Å²) >= 11 is 0. The predicted molar refractivity (Wildman–Crippen MR) is 67.3 cm³/mol. The minimum Gasteiger partial charge on any atom is -0.481 e. The number of carbonyl (C=O) groups is 1. The van der Waals surface area contributed by atoms with E-state index in [-0.39, 0.29) is 13.0 Å². The van der Waals surface area contributed by atoms with Crippen LogP contribution in [0.2, 0.25) is 0 Å². The monoisotopic (exact) mass is 237 g/mol. The number of rotatable bonds is 5. The number of hydrogen-bond acceptors (Lipinski definition) is 3. The van der Waals surface area contributed by atoms with Gasteiger partial charge in [-0.15, -0.1) is 0 Å². The summed E-state index contributed by atoms with van der Waals surface area (Å²) in [6.07, 6.45) is -0.273. The van der Waals surface area contributed by atoms with E-state index in [1.165, 1.54) is 12.5 Å². The molecule has 1 unspecified atom stereocenters. The molecule has 17 heavy (non-hydrogen) atoms. The minimum atomic E-state index is -1.25. The lowest BCUT2D eigenvalue weighted by atomic mass is 10.0. The standard InChI is InChI=1S/C13H19NO3/c1-9-4-5-11(10(2)6-9)14-8-13(3,17)7-12(15)16/h4-6,14,17H,7-8H2,1-3H3,(H,15,16). The third kappa shape index (κ3) is 4.44. The zero-order chi connectivity index (χ0) is 13.1. The minimum absolute atomic E-state index is 0.212. The van der Waals surface area contributed by atoms with Crippen LogP contribution >= 0.6 is 0 Å². The number of carboxylic acid groups (broad SMARTS) is 1. The molecule has 4 heteroatoms. The van der Waals surface area contributed by atoms with E-state index in [0.717, 1.165) is 11.3 Å². The van der Waals surface area contributed by atoms with E-state index in [1.54, 1.807) is 0 Å². The second-order valence-corrected chi connectivity index (χ2v) is 4.74. The van der Waals surface area contributed by atoms with Gasteiger partial charge in [-0.25, -0.2) is 0 Å². The SMILES string of the molecule is Cc1ccc(NCC(C)(O)CC(=O)O)c(C)c1. The van der Waals surface area contributed by atoms with Gasteiger partial charge in [0, 0.05) is 12.2 Å². The van der Waals surface area contributed by atoms with Crippen molar-refractivity contribution in [3.05, 3.63) is 29.3 Å². The van der Waals surface area contributed by atoms with Gasteiger partial charge in [-0.3, -0.25) is 4.79 Å². The molecule has 0 fully saturated rings. The van der Waals surface area contributed by atoms with Crippen molar-refractivity contribution in [2.24, 2.45) is 0 Å². The number of nitrogens with one attached hydrogen (secondary N) is 1. The molecule has 94 valence electrons. The Morgan fingerprint density at radius 2 is 2.06 bits per heavy atom. The summed E-state index contributed by atoms with van der Waals surface area (Å²) in [6.45, 7) is 5.71. The first-order valence-corrected chi connectivity index (χ1v) is 5.55. The predicted octanol–water partition coefficient (Wildman–Crippen LogP) is 1.94. The Kier molecular flexibility index (Phi) is 4.12. The highest BCUT2D eigenvalue weighted by molar-refractivity contribution is 5.68. The molecule has 0 saturated carbocycles. The highest BCUT2D eigenvalue weighted by Crippen LogP contribution is 2.18. The van der Waals surface area contributed by atoms with Crippen molar-refractivity contribution in [3.8, 4) is 0 Å². The molecule has 0 heterocycles. The molecule has 0 aliphatic carbocycles. The van der Waals surface area contributed by atoms with Gasteiger partial charge in [0.15, 0.2) is 0 Å². The third-order valence-corrected chi connectivity index (χ3v) is 2.57. The van der Waals surface area contributed by atoms with Gasteiger partial charge in [-0.2, -0.15) is 0 Å². The summed E-state index contributed by atoms with van der Waals surface area (Å²) in [5.74, 6) is -1.00. The van der Waals surface area contributed by atoms with E-state index in [4.69, 9.17) is 5.11 Å². The highest BCUT2D eigenvalue weighted by atomic mass is 16.4. The van der Waals surface area contributed by atoms with Crippen molar-refractivity contribution in [3.63, 3.8) is 0 Å². The second-order valence-electron chi connectivity index (χ2n) is 4.74. The van der Waals surface area contributed by atoms with Gasteiger partial charge in [0.05, 0.1) is 12.0 Å². The van der Waals surface area contributed by atoms with Gasteiger partial charge in [0.25, 0.3) is 0 Å². The zero-order valence-electron chi connectivity index (χ0n) is 10.4. The lowest BCUT2D eigenvalue weighted by molar-refractivity contribution is -0.141. The molecular formula is C13H19NO3. The largest absolute Gasteiger partial charge is 0.481 e. The fourth-order valence-corrected chi connectivity index (χ4v) is 1.69. The number of benzene rings is 1. The quantitative estimate of drug-likeness (QED) is 0.732. The van der Waals surface area contributed by atoms with Gasteiger partial charge in [-0.1, -0.05) is 17.7 Å². The molecule has 0 bridgehead atoms. The molecule has 0 saturated heterocycles. The number of aryl methyl sites for hydroxylation is 2. The van der Waals surface area contributed by atoms with Crippen molar-refractivity contribution >= 4 is 11.7 Å². The van der Waals surface area contributed by atoms with Gasteiger partial charge in [0.1, 0.15) is 0 Å². The van der Waals surface area contributed by atoms with Crippen LogP contribution in [0.5, 0.6) is 0 Å². The van der Waals surface area contributed by atoms with Crippen LogP contribution in [-0.4, -0.2) is 28.3 Å². The number of carboxylic acids is 1. The molecule has 0 aliphatic rings. The van der Waals surface area contributed by atoms with Crippen molar-refractivity contribution in [2.75, 3.05) is 11.9 Å². The van der Waals surface area contributed by atoms with Crippen molar-refractivity contribution < 1.29 is 15.0 Å². The smallest absolute Gasteiger partial charge is 0.306 e. The summed E-state index contributed by atoms with van der Waals surface area (Å²) in [7, 11) is 0. The summed E-state index contributed by atoms with van der Waals surface area (Å²) < 4.78 is 0. The number of anilines is 1. The third-order valence-electron chi connectivity index (χ3n) is 2.57. The molecule has 1 aromatic rings. The molecule has 0 aromatic heterocycles. The van der Waals surface area contributed by atoms with Crippen LogP contribution in [0.3, 0.4) is 0 Å². The average Bonchev–Trinajstić information content (AvgIpc) is 2.14. The van der Waals surface area contributed by atoms with Crippen LogP contribution in [0, 0.1) is 13.8 Å². The molecule has 4 nitrogen and oxygen atoms in total. The van der Waals surface area contributed by atoms with Crippen molar-refractivity contribution in [2.45, 2.75) is 32.8 Å². The van der Waals surface area contributed by atoms with Crippen LogP contribution < -0.4 is 5.32 Å². The van der Waals surface area contributed by atoms with Gasteiger partial charge in [-0.05, 0) is 32.4 Å². The van der Waals surface area contributed by atoms with Crippen LogP contribution in [-0.2, 0) is 4.79 Å². The van der Waals surface area contributed by atoms with E-state index in [0.29, 0.717) is 0 Å². The van der Waals surface area contributed by atoms with Crippen LogP contribution in [0.1, 0.15) is 24.5 Å². The second kappa shape index (κ2) is 5.19. The van der Waals surface area contributed by atoms with Gasteiger partial charge < -0.3 is 15.5 Å². The van der Waals surface area contributed by atoms with Crippen LogP contribution in [0.25, 0.3) is 0 Å². The Morgan fingerprint density at radius 3 is 2.59 bits per heavy atom. The maximum atomic E-state index is 10.6. The first kappa shape index (κ1) is 13.5. The van der Waals surface area contributed by atoms with Crippen molar-refractivity contribution in [1.29, 1.82) is 0 Å². The number of aliphatic hydroxyl groups is 1. The molecule has 3 N–H and O–H groups in total. The average molecular weight is 237 g/mol. The molecule has 0 aliphatic heterocycles. The summed E-state index contributed by atoms with van der Waals surface area (Å²) in [6, 6.07) is 5.94. The molecule has 1 atom stereocenters. The van der Waals surface area contributed by atoms with E-state index in [2.05, 4.69) is 5.32 Å². The normalized spacial score (nSPS) is 14.1. The number of hydrogen-bond donors (Lipinski definition) is 3. The summed E-state index contributed by atoms with van der Waals surface area (Å²) in [5, 5.41) is 21.6. The Labute approximate surface area is 101 Å². The molecule has 0 radical (unpaired) electrons. The van der Waals surface area contributed by atoms with Crippen LogP contribution in [0.4, 0.5) is 5.69 Å². The van der Waals surface area contributed by atoms with E-state index in [9.17, 15) is 9.90 Å². The first-order valence-electron chi connectivity index (χ1n) is 5.55. The summed E-state index contributed by atoms with van der Waals surface area (Å²) in [4.78, 5) is 10.6. The van der Waals surface area contributed by atoms with E-state index >= 15 is 0 Å². The lowest BCUT2D eigenvalue weighted by Gasteiger charge is -2.22.